The summed E-state index contributed by atoms with van der Waals surface area (Å²) in [5.74, 6) is -2.74. The summed E-state index contributed by atoms with van der Waals surface area (Å²) in [5.41, 5.74) is 0.0848. The number of methoxy groups -OCH3 is 1. The van der Waals surface area contributed by atoms with Crippen molar-refractivity contribution >= 4 is 17.7 Å². The molecule has 8 nitrogen and oxygen atoms in total. The monoisotopic (exact) mass is 428 g/mol. The van der Waals surface area contributed by atoms with Crippen molar-refractivity contribution in [3.05, 3.63) is 40.5 Å². The molecule has 0 radical (unpaired) electrons. The van der Waals surface area contributed by atoms with Gasteiger partial charge in [0.1, 0.15) is 28.4 Å². The van der Waals surface area contributed by atoms with E-state index >= 15 is 0 Å². The summed E-state index contributed by atoms with van der Waals surface area (Å²) in [4.78, 5) is 37.9. The summed E-state index contributed by atoms with van der Waals surface area (Å²) in [6, 6.07) is 3.52. The van der Waals surface area contributed by atoms with Gasteiger partial charge in [-0.05, 0) is 18.9 Å². The molecule has 0 aromatic heterocycles. The Labute approximate surface area is 179 Å². The fourth-order valence-corrected chi connectivity index (χ4v) is 3.53. The van der Waals surface area contributed by atoms with Gasteiger partial charge in [0.15, 0.2) is 17.3 Å². The lowest BCUT2D eigenvalue weighted by Gasteiger charge is -2.16. The standard InChI is InChI=1S/C23H24O8/c1-4-6-8-15(25)14-9-12(24)10-17-20(14)23(28)31-18-11-16(26)19(22(27)29-3)13(7-5-2)21(18)30-17/h9-11,24,26H,4-8H2,1-3H3. The molecule has 164 valence electrons. The number of carbonyl (C=O) groups excluding carboxylic acids is 3. The van der Waals surface area contributed by atoms with E-state index in [1.54, 1.807) is 0 Å². The minimum Gasteiger partial charge on any atom is -0.508 e. The topological polar surface area (TPSA) is 119 Å². The number of hydrogen-bond acceptors (Lipinski definition) is 8. The second-order valence-corrected chi connectivity index (χ2v) is 7.20. The maximum Gasteiger partial charge on any atom is 0.348 e. The first kappa shape index (κ1) is 22.1. The summed E-state index contributed by atoms with van der Waals surface area (Å²) >= 11 is 0. The van der Waals surface area contributed by atoms with Gasteiger partial charge in [-0.1, -0.05) is 26.7 Å². The molecule has 0 unspecified atom stereocenters. The molecule has 0 fully saturated rings. The van der Waals surface area contributed by atoms with Gasteiger partial charge in [-0.15, -0.1) is 0 Å². The largest absolute Gasteiger partial charge is 0.508 e. The van der Waals surface area contributed by atoms with Gasteiger partial charge in [0.2, 0.25) is 0 Å². The first-order valence-corrected chi connectivity index (χ1v) is 10.1. The molecule has 0 amide bonds. The quantitative estimate of drug-likeness (QED) is 0.375. The van der Waals surface area contributed by atoms with Gasteiger partial charge in [0.25, 0.3) is 0 Å². The predicted molar refractivity (Wildman–Crippen MR) is 110 cm³/mol. The van der Waals surface area contributed by atoms with Crippen molar-refractivity contribution in [1.29, 1.82) is 0 Å². The van der Waals surface area contributed by atoms with Gasteiger partial charge in [-0.3, -0.25) is 4.79 Å². The number of aromatic hydroxyl groups is 2. The average molecular weight is 428 g/mol. The number of ketones is 1. The van der Waals surface area contributed by atoms with Crippen LogP contribution in [-0.2, 0) is 11.2 Å². The summed E-state index contributed by atoms with van der Waals surface area (Å²) in [5, 5.41) is 20.6. The number of ether oxygens (including phenoxy) is 3. The second-order valence-electron chi connectivity index (χ2n) is 7.20. The van der Waals surface area contributed by atoms with Crippen molar-refractivity contribution in [3.63, 3.8) is 0 Å². The number of esters is 2. The summed E-state index contributed by atoms with van der Waals surface area (Å²) < 4.78 is 16.2. The lowest BCUT2D eigenvalue weighted by Crippen LogP contribution is -2.14. The van der Waals surface area contributed by atoms with Crippen molar-refractivity contribution in [2.24, 2.45) is 0 Å². The smallest absolute Gasteiger partial charge is 0.348 e. The molecule has 0 atom stereocenters. The van der Waals surface area contributed by atoms with Crippen molar-refractivity contribution in [2.75, 3.05) is 7.11 Å². The van der Waals surface area contributed by atoms with Crippen LogP contribution in [0.1, 0.15) is 76.2 Å². The zero-order valence-corrected chi connectivity index (χ0v) is 17.6. The molecular weight excluding hydrogens is 404 g/mol. The van der Waals surface area contributed by atoms with Crippen LogP contribution < -0.4 is 9.47 Å². The Morgan fingerprint density at radius 2 is 1.77 bits per heavy atom. The van der Waals surface area contributed by atoms with Gasteiger partial charge in [0, 0.05) is 29.7 Å². The molecule has 31 heavy (non-hydrogen) atoms. The molecule has 1 heterocycles. The van der Waals surface area contributed by atoms with E-state index in [1.807, 2.05) is 13.8 Å². The number of rotatable bonds is 7. The average Bonchev–Trinajstić information content (AvgIpc) is 2.86. The van der Waals surface area contributed by atoms with E-state index in [0.29, 0.717) is 24.8 Å². The summed E-state index contributed by atoms with van der Waals surface area (Å²) in [6.07, 6.45) is 2.51. The van der Waals surface area contributed by atoms with Crippen LogP contribution in [-0.4, -0.2) is 35.0 Å². The number of carbonyl (C=O) groups is 3. The third-order valence-corrected chi connectivity index (χ3v) is 4.98. The Kier molecular flexibility index (Phi) is 6.48. The molecule has 2 aromatic carbocycles. The van der Waals surface area contributed by atoms with E-state index in [2.05, 4.69) is 0 Å². The maximum atomic E-state index is 12.9. The van der Waals surface area contributed by atoms with Gasteiger partial charge < -0.3 is 24.4 Å². The van der Waals surface area contributed by atoms with E-state index < -0.39 is 17.7 Å². The molecule has 3 rings (SSSR count). The van der Waals surface area contributed by atoms with E-state index in [1.165, 1.54) is 19.2 Å². The van der Waals surface area contributed by atoms with Crippen LogP contribution >= 0.6 is 0 Å². The van der Waals surface area contributed by atoms with Crippen molar-refractivity contribution in [1.82, 2.24) is 0 Å². The lowest BCUT2D eigenvalue weighted by atomic mass is 9.98. The van der Waals surface area contributed by atoms with Crippen molar-refractivity contribution in [2.45, 2.75) is 46.0 Å². The molecule has 0 spiro atoms. The number of fused-ring (bicyclic) bond motifs is 2. The van der Waals surface area contributed by atoms with Crippen LogP contribution in [0.25, 0.3) is 0 Å². The lowest BCUT2D eigenvalue weighted by molar-refractivity contribution is 0.0595. The number of benzene rings is 2. The Balaban J connectivity index is 2.23. The molecule has 1 aliphatic rings. The third-order valence-electron chi connectivity index (χ3n) is 4.98. The number of unbranched alkanes of at least 4 members (excludes halogenated alkanes) is 1. The molecule has 0 aliphatic carbocycles. The van der Waals surface area contributed by atoms with Gasteiger partial charge in [0.05, 0.1) is 7.11 Å². The maximum absolute atomic E-state index is 12.9. The number of phenols is 2. The van der Waals surface area contributed by atoms with E-state index in [-0.39, 0.29) is 51.9 Å². The highest BCUT2D eigenvalue weighted by molar-refractivity contribution is 6.09. The van der Waals surface area contributed by atoms with E-state index in [4.69, 9.17) is 14.2 Å². The minimum absolute atomic E-state index is 0.00397. The SMILES string of the molecule is CCCCC(=O)c1cc(O)cc2c1C(=O)Oc1cc(O)c(C(=O)OC)c(CCC)c1O2. The van der Waals surface area contributed by atoms with Crippen molar-refractivity contribution < 1.29 is 38.8 Å². The van der Waals surface area contributed by atoms with Crippen LogP contribution in [0.5, 0.6) is 28.7 Å². The second kappa shape index (κ2) is 9.07. The molecule has 0 bridgehead atoms. The Morgan fingerprint density at radius 3 is 2.42 bits per heavy atom. The Bertz CT molecular complexity index is 1050. The van der Waals surface area contributed by atoms with Gasteiger partial charge >= 0.3 is 11.9 Å². The van der Waals surface area contributed by atoms with Crippen LogP contribution in [0, 0.1) is 0 Å². The third kappa shape index (κ3) is 4.19. The van der Waals surface area contributed by atoms with Crippen LogP contribution in [0.4, 0.5) is 0 Å². The van der Waals surface area contributed by atoms with Gasteiger partial charge in [-0.25, -0.2) is 9.59 Å². The molecule has 8 heteroatoms. The first-order valence-electron chi connectivity index (χ1n) is 10.1. The highest BCUT2D eigenvalue weighted by Gasteiger charge is 2.33. The van der Waals surface area contributed by atoms with Gasteiger partial charge in [-0.2, -0.15) is 0 Å². The summed E-state index contributed by atoms with van der Waals surface area (Å²) in [6.45, 7) is 3.80. The molecular formula is C23H24O8. The predicted octanol–water partition coefficient (Wildman–Crippen LogP) is 4.53. The minimum atomic E-state index is -0.860. The van der Waals surface area contributed by atoms with E-state index in [0.717, 1.165) is 12.5 Å². The van der Waals surface area contributed by atoms with Crippen LogP contribution in [0.3, 0.4) is 0 Å². The Hall–Kier alpha value is -3.55. The van der Waals surface area contributed by atoms with Crippen LogP contribution in [0.2, 0.25) is 0 Å². The molecule has 2 aromatic rings. The normalized spacial score (nSPS) is 12.2. The van der Waals surface area contributed by atoms with E-state index in [9.17, 15) is 24.6 Å². The zero-order chi connectivity index (χ0) is 22.7. The molecule has 0 saturated heterocycles. The zero-order valence-electron chi connectivity index (χ0n) is 17.6. The fourth-order valence-electron chi connectivity index (χ4n) is 3.53. The first-order chi connectivity index (χ1) is 14.8. The number of hydrogen-bond donors (Lipinski definition) is 2. The summed E-state index contributed by atoms with van der Waals surface area (Å²) in [7, 11) is 1.19. The highest BCUT2D eigenvalue weighted by Crippen LogP contribution is 2.46. The molecule has 2 N–H and O–H groups in total. The molecule has 0 saturated carbocycles. The number of phenolic OH excluding ortho intramolecular Hbond substituents is 2. The molecule has 1 aliphatic heterocycles. The number of Topliss-reactive ketones (excluding diaryl/α,β-unsaturated/α-hetero) is 1. The Morgan fingerprint density at radius 1 is 1.03 bits per heavy atom. The van der Waals surface area contributed by atoms with Crippen LogP contribution in [0.15, 0.2) is 18.2 Å². The highest BCUT2D eigenvalue weighted by atomic mass is 16.6. The van der Waals surface area contributed by atoms with Crippen molar-refractivity contribution in [3.8, 4) is 28.7 Å². The fraction of sp³-hybridized carbons (Fsp3) is 0.348.